The topological polar surface area (TPSA) is 176 Å². The van der Waals surface area contributed by atoms with Crippen molar-refractivity contribution >= 4 is 74.2 Å². The van der Waals surface area contributed by atoms with E-state index in [0.717, 1.165) is 79.1 Å². The van der Waals surface area contributed by atoms with Crippen LogP contribution in [0.4, 0.5) is 27.1 Å². The van der Waals surface area contributed by atoms with Gasteiger partial charge in [-0.05, 0) is 121 Å². The molecule has 0 spiro atoms. The number of carbonyl (C=O) groups is 5. The number of para-hydroxylation sites is 1. The Labute approximate surface area is 408 Å². The first kappa shape index (κ1) is 45.4. The zero-order valence-corrected chi connectivity index (χ0v) is 39.7. The highest BCUT2D eigenvalue weighted by Gasteiger charge is 2.37. The van der Waals surface area contributed by atoms with Crippen LogP contribution in [-0.4, -0.2) is 88.2 Å². The minimum Gasteiger partial charge on any atom is -0.371 e. The number of nitrogens with zero attached hydrogens (tertiary/aromatic N) is 7. The first-order valence-electron chi connectivity index (χ1n) is 24.2. The molecule has 0 aliphatic carbocycles. The van der Waals surface area contributed by atoms with Crippen LogP contribution in [0.15, 0.2) is 102 Å². The number of hydrogen-bond donors (Lipinski definition) is 3. The van der Waals surface area contributed by atoms with Gasteiger partial charge in [-0.2, -0.15) is 5.10 Å². The summed E-state index contributed by atoms with van der Waals surface area (Å²) >= 11 is 0. The predicted octanol–water partition coefficient (Wildman–Crippen LogP) is 6.77. The number of imidazole rings is 1. The molecule has 4 fully saturated rings. The molecule has 5 aromatic carbocycles. The Balaban J connectivity index is 0.837. The molecule has 5 amide bonds. The number of hydrogen-bond acceptors (Lipinski definition) is 9. The van der Waals surface area contributed by atoms with E-state index in [2.05, 4.69) is 43.0 Å². The number of halogens is 1. The normalized spacial score (nSPS) is 17.8. The van der Waals surface area contributed by atoms with Crippen LogP contribution in [0.5, 0.6) is 0 Å². The molecule has 3 N–H and O–H groups in total. The number of imide groups is 1. The van der Waals surface area contributed by atoms with Gasteiger partial charge in [0, 0.05) is 94.9 Å². The number of nitrogens with one attached hydrogen (secondary N) is 3. The van der Waals surface area contributed by atoms with Crippen LogP contribution in [0.1, 0.15) is 65.4 Å². The largest absolute Gasteiger partial charge is 0.371 e. The zero-order chi connectivity index (χ0) is 49.2. The van der Waals surface area contributed by atoms with Crippen LogP contribution < -0.4 is 36.3 Å². The van der Waals surface area contributed by atoms with E-state index in [9.17, 15) is 28.8 Å². The van der Waals surface area contributed by atoms with Crippen molar-refractivity contribution in [3.8, 4) is 22.3 Å². The van der Waals surface area contributed by atoms with E-state index in [1.807, 2.05) is 48.5 Å². The Kier molecular flexibility index (Phi) is 11.5. The van der Waals surface area contributed by atoms with Crippen molar-refractivity contribution < 1.29 is 28.4 Å². The molecule has 16 nitrogen and oxygen atoms in total. The first-order chi connectivity index (χ1) is 34.4. The molecule has 1 unspecified atom stereocenters. The van der Waals surface area contributed by atoms with Gasteiger partial charge in [0.15, 0.2) is 5.69 Å². The minimum atomic E-state index is -0.741. The minimum absolute atomic E-state index is 0.0425. The molecule has 1 atom stereocenters. The van der Waals surface area contributed by atoms with Gasteiger partial charge < -0.3 is 25.3 Å². The fraction of sp³-hybridized carbons (Fsp3) is 0.315. The number of piperidine rings is 2. The summed E-state index contributed by atoms with van der Waals surface area (Å²) < 4.78 is 21.9. The highest BCUT2D eigenvalue weighted by Crippen LogP contribution is 2.43. The lowest BCUT2D eigenvalue weighted by Crippen LogP contribution is -2.52. The summed E-state index contributed by atoms with van der Waals surface area (Å²) in [7, 11) is 4.92. The molecule has 71 heavy (non-hydrogen) atoms. The van der Waals surface area contributed by atoms with E-state index >= 15 is 4.39 Å². The lowest BCUT2D eigenvalue weighted by Gasteiger charge is -2.47. The Morgan fingerprint density at radius 2 is 1.51 bits per heavy atom. The maximum Gasteiger partial charge on any atom is 0.329 e. The van der Waals surface area contributed by atoms with E-state index in [1.54, 1.807) is 60.0 Å². The Morgan fingerprint density at radius 3 is 2.27 bits per heavy atom. The molecule has 7 aromatic rings. The van der Waals surface area contributed by atoms with Crippen molar-refractivity contribution in [3.63, 3.8) is 0 Å². The van der Waals surface area contributed by atoms with Crippen molar-refractivity contribution in [2.75, 3.05) is 59.8 Å². The number of anilines is 4. The van der Waals surface area contributed by atoms with Gasteiger partial charge in [-0.25, -0.2) is 9.18 Å². The maximum atomic E-state index is 17.3. The van der Waals surface area contributed by atoms with Crippen LogP contribution in [0, 0.1) is 17.7 Å². The summed E-state index contributed by atoms with van der Waals surface area (Å²) in [5.41, 5.74) is 7.47. The average molecular weight is 957 g/mol. The number of amides is 5. The van der Waals surface area contributed by atoms with E-state index in [0.29, 0.717) is 52.6 Å². The molecular weight excluding hydrogens is 904 g/mol. The zero-order valence-electron chi connectivity index (χ0n) is 39.7. The number of aryl methyl sites for hydroxylation is 2. The Bertz CT molecular complexity index is 3420. The molecule has 4 aliphatic rings. The van der Waals surface area contributed by atoms with E-state index in [1.165, 1.54) is 16.3 Å². The molecule has 4 saturated heterocycles. The molecule has 0 saturated carbocycles. The number of fused-ring (bicyclic) bond motifs is 2. The van der Waals surface area contributed by atoms with Crippen molar-refractivity contribution in [1.82, 2.24) is 29.5 Å². The van der Waals surface area contributed by atoms with Gasteiger partial charge >= 0.3 is 5.69 Å². The molecular formula is C54H53FN10O6. The SMILES string of the molecule is CNC(=O)c1cccc(NC(=O)c2nn(C)c3ccc(-c4ccc(N5CCCC5=O)cc4-c4cccc(N5CC(C6CCN(c7cccc8c7n(C)c(=O)n8C7CCC(=O)NC7=O)CC6)C5)c4)c(F)c23)c1. The second-order valence-corrected chi connectivity index (χ2v) is 19.1. The lowest BCUT2D eigenvalue weighted by molar-refractivity contribution is -0.135. The highest BCUT2D eigenvalue weighted by molar-refractivity contribution is 6.13. The van der Waals surface area contributed by atoms with Crippen molar-refractivity contribution in [1.29, 1.82) is 0 Å². The fourth-order valence-electron chi connectivity index (χ4n) is 11.3. The van der Waals surface area contributed by atoms with Crippen molar-refractivity contribution in [2.24, 2.45) is 25.9 Å². The van der Waals surface area contributed by atoms with Crippen LogP contribution in [0.2, 0.25) is 0 Å². The smallest absolute Gasteiger partial charge is 0.329 e. The van der Waals surface area contributed by atoms with Crippen LogP contribution >= 0.6 is 0 Å². The van der Waals surface area contributed by atoms with Gasteiger partial charge in [0.25, 0.3) is 11.8 Å². The van der Waals surface area contributed by atoms with Gasteiger partial charge in [0.2, 0.25) is 17.7 Å². The molecule has 4 aliphatic heterocycles. The molecule has 2 aromatic heterocycles. The second-order valence-electron chi connectivity index (χ2n) is 19.1. The number of benzene rings is 5. The maximum absolute atomic E-state index is 17.3. The van der Waals surface area contributed by atoms with Gasteiger partial charge in [-0.1, -0.05) is 30.3 Å². The standard InChI is InChI=1S/C54H53FN10O6/c1-56-51(68)33-9-4-10-35(26-33)57-53(70)49-47-41(61(3)59-49)18-17-39(48(47)55)38-16-15-37(64-23-7-14-46(64)67)28-40(38)32-8-5-11-36(27-32)63-29-34(30-63)31-21-24-62(25-22-31)42-12-6-13-43-50(42)60(2)54(71)65(43)44-19-20-45(66)58-52(44)69/h4-6,8-13,15-18,26-28,31,34,44H,7,14,19-25,29-30H2,1-3H3,(H,56,68)(H,57,70)(H,58,66,69). The monoisotopic (exact) mass is 956 g/mol. The average Bonchev–Trinajstić information content (AvgIpc) is 4.03. The summed E-state index contributed by atoms with van der Waals surface area (Å²) in [4.78, 5) is 84.0. The third kappa shape index (κ3) is 7.98. The summed E-state index contributed by atoms with van der Waals surface area (Å²) in [6, 6.07) is 29.0. The second kappa shape index (κ2) is 18.0. The highest BCUT2D eigenvalue weighted by atomic mass is 19.1. The molecule has 6 heterocycles. The number of rotatable bonds is 10. The summed E-state index contributed by atoms with van der Waals surface area (Å²) in [5.74, 6) is -1.27. The molecule has 11 rings (SSSR count). The van der Waals surface area contributed by atoms with Gasteiger partial charge in [-0.15, -0.1) is 0 Å². The van der Waals surface area contributed by atoms with Crippen LogP contribution in [-0.2, 0) is 28.5 Å². The van der Waals surface area contributed by atoms with Gasteiger partial charge in [-0.3, -0.25) is 43.1 Å². The third-order valence-electron chi connectivity index (χ3n) is 15.0. The third-order valence-corrected chi connectivity index (χ3v) is 15.0. The predicted molar refractivity (Wildman–Crippen MR) is 270 cm³/mol. The van der Waals surface area contributed by atoms with Gasteiger partial charge in [0.05, 0.1) is 27.6 Å². The van der Waals surface area contributed by atoms with E-state index in [4.69, 9.17) is 0 Å². The Hall–Kier alpha value is -8.08. The lowest BCUT2D eigenvalue weighted by atomic mass is 9.79. The number of aromatic nitrogens is 4. The molecule has 362 valence electrons. The fourth-order valence-corrected chi connectivity index (χ4v) is 11.3. The first-order valence-corrected chi connectivity index (χ1v) is 24.2. The Morgan fingerprint density at radius 1 is 0.732 bits per heavy atom. The van der Waals surface area contributed by atoms with Crippen molar-refractivity contribution in [2.45, 2.75) is 44.6 Å². The summed E-state index contributed by atoms with van der Waals surface area (Å²) in [6.45, 7) is 4.02. The van der Waals surface area contributed by atoms with E-state index in [-0.39, 0.29) is 52.9 Å². The molecule has 17 heteroatoms. The quantitative estimate of drug-likeness (QED) is 0.125. The molecule has 0 bridgehead atoms. The van der Waals surface area contributed by atoms with Crippen LogP contribution in [0.3, 0.4) is 0 Å². The van der Waals surface area contributed by atoms with E-state index < -0.39 is 23.7 Å². The summed E-state index contributed by atoms with van der Waals surface area (Å²) in [6.07, 6.45) is 3.67. The van der Waals surface area contributed by atoms with Gasteiger partial charge in [0.1, 0.15) is 11.9 Å². The molecule has 0 radical (unpaired) electrons. The van der Waals surface area contributed by atoms with Crippen LogP contribution in [0.25, 0.3) is 44.2 Å². The number of carbonyl (C=O) groups excluding carboxylic acids is 5. The van der Waals surface area contributed by atoms with Crippen molar-refractivity contribution in [3.05, 3.63) is 125 Å². The summed E-state index contributed by atoms with van der Waals surface area (Å²) in [5, 5.41) is 12.3.